The molecule has 8 heteroatoms. The van der Waals surface area contributed by atoms with Crippen molar-refractivity contribution < 1.29 is 19.1 Å². The van der Waals surface area contributed by atoms with E-state index in [4.69, 9.17) is 4.74 Å². The van der Waals surface area contributed by atoms with Gasteiger partial charge in [0.15, 0.2) is 0 Å². The molecule has 1 aliphatic carbocycles. The molecule has 2 aromatic carbocycles. The molecule has 0 spiro atoms. The third-order valence-electron chi connectivity index (χ3n) is 7.07. The van der Waals surface area contributed by atoms with Gasteiger partial charge in [0.05, 0.1) is 12.7 Å². The van der Waals surface area contributed by atoms with Crippen LogP contribution >= 0.6 is 0 Å². The van der Waals surface area contributed by atoms with E-state index in [0.29, 0.717) is 48.7 Å². The number of anilines is 2. The number of ether oxygens (including phenoxy) is 1. The Balaban J connectivity index is 1.36. The van der Waals surface area contributed by atoms with Crippen molar-refractivity contribution in [3.8, 4) is 5.75 Å². The molecular formula is C27H32N4O4. The number of nitrogens with one attached hydrogen (secondary N) is 1. The Morgan fingerprint density at radius 1 is 0.886 bits per heavy atom. The average molecular weight is 477 g/mol. The number of hydrogen-bond donors (Lipinski definition) is 1. The number of methoxy groups -OCH3 is 1. The highest BCUT2D eigenvalue weighted by Gasteiger charge is 2.35. The average Bonchev–Trinajstić information content (AvgIpc) is 3.61. The molecule has 0 atom stereocenters. The van der Waals surface area contributed by atoms with Crippen LogP contribution in [-0.4, -0.2) is 73.9 Å². The van der Waals surface area contributed by atoms with Gasteiger partial charge in [-0.2, -0.15) is 0 Å². The van der Waals surface area contributed by atoms with Crippen LogP contribution in [0, 0.1) is 5.92 Å². The number of carbonyl (C=O) groups excluding carboxylic acids is 3. The summed E-state index contributed by atoms with van der Waals surface area (Å²) in [5.74, 6) is 0.835. The summed E-state index contributed by atoms with van der Waals surface area (Å²) in [6.45, 7) is 4.22. The predicted molar refractivity (Wildman–Crippen MR) is 134 cm³/mol. The second-order valence-corrected chi connectivity index (χ2v) is 9.50. The lowest BCUT2D eigenvalue weighted by molar-refractivity contribution is -0.132. The largest absolute Gasteiger partial charge is 0.497 e. The van der Waals surface area contributed by atoms with Gasteiger partial charge in [-0.1, -0.05) is 6.07 Å². The first-order valence-electron chi connectivity index (χ1n) is 12.5. The predicted octanol–water partition coefficient (Wildman–Crippen LogP) is 3.24. The van der Waals surface area contributed by atoms with Crippen LogP contribution in [0.15, 0.2) is 42.5 Å². The highest BCUT2D eigenvalue weighted by molar-refractivity contribution is 6.06. The van der Waals surface area contributed by atoms with Crippen molar-refractivity contribution in [3.05, 3.63) is 53.6 Å². The van der Waals surface area contributed by atoms with Crippen LogP contribution in [0.4, 0.5) is 11.4 Å². The maximum atomic E-state index is 13.5. The lowest BCUT2D eigenvalue weighted by Crippen LogP contribution is -2.49. The lowest BCUT2D eigenvalue weighted by Gasteiger charge is -2.37. The van der Waals surface area contributed by atoms with Gasteiger partial charge in [-0.3, -0.25) is 14.4 Å². The van der Waals surface area contributed by atoms with Gasteiger partial charge in [0.1, 0.15) is 5.75 Å². The summed E-state index contributed by atoms with van der Waals surface area (Å²) < 4.78 is 5.22. The minimum absolute atomic E-state index is 0.00790. The number of likely N-dealkylation sites (tertiary alicyclic amines) is 1. The third-order valence-corrected chi connectivity index (χ3v) is 7.07. The molecule has 35 heavy (non-hydrogen) atoms. The van der Waals surface area contributed by atoms with Gasteiger partial charge in [0.25, 0.3) is 11.8 Å². The number of rotatable bonds is 6. The molecule has 0 aromatic heterocycles. The number of hydrogen-bond acceptors (Lipinski definition) is 5. The van der Waals surface area contributed by atoms with Gasteiger partial charge < -0.3 is 24.8 Å². The van der Waals surface area contributed by atoms with Crippen molar-refractivity contribution in [3.63, 3.8) is 0 Å². The molecular weight excluding hydrogens is 444 g/mol. The third kappa shape index (κ3) is 5.11. The first-order valence-corrected chi connectivity index (χ1v) is 12.5. The minimum Gasteiger partial charge on any atom is -0.497 e. The van der Waals surface area contributed by atoms with Crippen LogP contribution in [0.5, 0.6) is 5.75 Å². The fraction of sp³-hybridized carbons (Fsp3) is 0.444. The summed E-state index contributed by atoms with van der Waals surface area (Å²) in [7, 11) is 1.56. The molecule has 3 fully saturated rings. The molecule has 0 bridgehead atoms. The Bertz CT molecular complexity index is 1120. The molecule has 0 radical (unpaired) electrons. The molecule has 3 amide bonds. The van der Waals surface area contributed by atoms with Crippen molar-refractivity contribution >= 4 is 29.1 Å². The van der Waals surface area contributed by atoms with E-state index in [1.165, 1.54) is 0 Å². The van der Waals surface area contributed by atoms with Gasteiger partial charge >= 0.3 is 0 Å². The normalized spacial score (nSPS) is 17.9. The number of nitrogens with zero attached hydrogens (tertiary/aromatic N) is 3. The van der Waals surface area contributed by atoms with Gasteiger partial charge in [-0.15, -0.1) is 0 Å². The van der Waals surface area contributed by atoms with E-state index < -0.39 is 0 Å². The fourth-order valence-corrected chi connectivity index (χ4v) is 4.88. The molecule has 8 nitrogen and oxygen atoms in total. The van der Waals surface area contributed by atoms with Crippen molar-refractivity contribution in [1.82, 2.24) is 9.80 Å². The molecule has 3 aliphatic rings. The topological polar surface area (TPSA) is 82.2 Å². The van der Waals surface area contributed by atoms with Crippen molar-refractivity contribution in [2.45, 2.75) is 25.7 Å². The molecule has 2 saturated heterocycles. The van der Waals surface area contributed by atoms with Gasteiger partial charge in [0, 0.05) is 62.1 Å². The van der Waals surface area contributed by atoms with Crippen LogP contribution in [0.2, 0.25) is 0 Å². The Morgan fingerprint density at radius 3 is 2.31 bits per heavy atom. The van der Waals surface area contributed by atoms with Crippen LogP contribution in [0.3, 0.4) is 0 Å². The van der Waals surface area contributed by atoms with Crippen LogP contribution < -0.4 is 15.0 Å². The standard InChI is InChI=1S/C27H32N4O4/c1-35-22-6-4-5-20(17-22)25(32)28-21-9-10-24(23(18-21)27(34)30-11-2-3-12-30)29-13-15-31(16-14-29)26(33)19-7-8-19/h4-6,9-10,17-19H,2-3,7-8,11-16H2,1H3,(H,28,32). The summed E-state index contributed by atoms with van der Waals surface area (Å²) in [5.41, 5.74) is 2.51. The second kappa shape index (κ2) is 9.98. The summed E-state index contributed by atoms with van der Waals surface area (Å²) >= 11 is 0. The Morgan fingerprint density at radius 2 is 1.63 bits per heavy atom. The molecule has 0 unspecified atom stereocenters. The van der Waals surface area contributed by atoms with E-state index in [0.717, 1.165) is 44.5 Å². The number of piperazine rings is 1. The zero-order valence-electron chi connectivity index (χ0n) is 20.2. The smallest absolute Gasteiger partial charge is 0.256 e. The van der Waals surface area contributed by atoms with E-state index in [-0.39, 0.29) is 23.6 Å². The van der Waals surface area contributed by atoms with E-state index in [2.05, 4.69) is 10.2 Å². The van der Waals surface area contributed by atoms with E-state index in [1.807, 2.05) is 21.9 Å². The zero-order chi connectivity index (χ0) is 24.4. The van der Waals surface area contributed by atoms with Crippen molar-refractivity contribution in [1.29, 1.82) is 0 Å². The second-order valence-electron chi connectivity index (χ2n) is 9.50. The molecule has 2 aliphatic heterocycles. The van der Waals surface area contributed by atoms with Crippen LogP contribution in [0.1, 0.15) is 46.4 Å². The van der Waals surface area contributed by atoms with E-state index >= 15 is 0 Å². The molecule has 1 saturated carbocycles. The summed E-state index contributed by atoms with van der Waals surface area (Å²) in [6, 6.07) is 12.5. The lowest BCUT2D eigenvalue weighted by atomic mass is 10.1. The number of benzene rings is 2. The van der Waals surface area contributed by atoms with Crippen molar-refractivity contribution in [2.75, 3.05) is 56.6 Å². The SMILES string of the molecule is COc1cccc(C(=O)Nc2ccc(N3CCN(C(=O)C4CC4)CC3)c(C(=O)N3CCCC3)c2)c1. The molecule has 2 aromatic rings. The quantitative estimate of drug-likeness (QED) is 0.692. The first-order chi connectivity index (χ1) is 17.0. The van der Waals surface area contributed by atoms with E-state index in [1.54, 1.807) is 37.4 Å². The highest BCUT2D eigenvalue weighted by Crippen LogP contribution is 2.32. The molecule has 184 valence electrons. The Hall–Kier alpha value is -3.55. The Labute approximate surface area is 205 Å². The van der Waals surface area contributed by atoms with Gasteiger partial charge in [-0.25, -0.2) is 0 Å². The van der Waals surface area contributed by atoms with E-state index in [9.17, 15) is 14.4 Å². The number of carbonyl (C=O) groups is 3. The molecule has 5 rings (SSSR count). The Kier molecular flexibility index (Phi) is 6.61. The van der Waals surface area contributed by atoms with Gasteiger partial charge in [0.2, 0.25) is 5.91 Å². The number of amides is 3. The van der Waals surface area contributed by atoms with Crippen molar-refractivity contribution in [2.24, 2.45) is 5.92 Å². The maximum Gasteiger partial charge on any atom is 0.256 e. The minimum atomic E-state index is -0.261. The molecule has 1 N–H and O–H groups in total. The molecule has 2 heterocycles. The van der Waals surface area contributed by atoms with Crippen LogP contribution in [0.25, 0.3) is 0 Å². The zero-order valence-corrected chi connectivity index (χ0v) is 20.2. The monoisotopic (exact) mass is 476 g/mol. The fourth-order valence-electron chi connectivity index (χ4n) is 4.88. The summed E-state index contributed by atoms with van der Waals surface area (Å²) in [6.07, 6.45) is 4.04. The van der Waals surface area contributed by atoms with Gasteiger partial charge in [-0.05, 0) is 62.1 Å². The first kappa shape index (κ1) is 23.2. The van der Waals surface area contributed by atoms with Crippen LogP contribution in [-0.2, 0) is 4.79 Å². The maximum absolute atomic E-state index is 13.5. The highest BCUT2D eigenvalue weighted by atomic mass is 16.5. The summed E-state index contributed by atoms with van der Waals surface area (Å²) in [5, 5.41) is 2.93. The summed E-state index contributed by atoms with van der Waals surface area (Å²) in [4.78, 5) is 44.8.